The van der Waals surface area contributed by atoms with E-state index in [4.69, 9.17) is 27.6 Å². The van der Waals surface area contributed by atoms with Gasteiger partial charge in [0.2, 0.25) is 5.95 Å². The molecule has 0 N–H and O–H groups in total. The highest BCUT2D eigenvalue weighted by Crippen LogP contribution is 2.54. The van der Waals surface area contributed by atoms with Crippen molar-refractivity contribution in [2.45, 2.75) is 42.7 Å². The lowest BCUT2D eigenvalue weighted by molar-refractivity contribution is 0.350. The molecule has 2 aliphatic rings. The lowest BCUT2D eigenvalue weighted by atomic mass is 9.92. The van der Waals surface area contributed by atoms with Crippen molar-refractivity contribution in [3.63, 3.8) is 0 Å². The van der Waals surface area contributed by atoms with E-state index in [2.05, 4.69) is 33.5 Å². The van der Waals surface area contributed by atoms with Crippen molar-refractivity contribution in [1.29, 1.82) is 0 Å². The molecule has 1 aliphatic carbocycles. The molecule has 0 spiro atoms. The molecule has 1 aliphatic heterocycles. The third-order valence-electron chi connectivity index (χ3n) is 5.11. The average molecular weight is 415 g/mol. The highest BCUT2D eigenvalue weighted by atomic mass is 35.5. The van der Waals surface area contributed by atoms with Gasteiger partial charge in [0, 0.05) is 24.8 Å². The summed E-state index contributed by atoms with van der Waals surface area (Å²) in [4.78, 5) is 2.36. The fraction of sp³-hybridized carbons (Fsp3) is 0.667. The van der Waals surface area contributed by atoms with E-state index in [1.807, 2.05) is 12.1 Å². The van der Waals surface area contributed by atoms with E-state index in [1.54, 1.807) is 18.0 Å². The smallest absolute Gasteiger partial charge is 0.228 e. The van der Waals surface area contributed by atoms with Gasteiger partial charge in [0.1, 0.15) is 10.1 Å². The van der Waals surface area contributed by atoms with Crippen LogP contribution in [0.15, 0.2) is 28.0 Å². The summed E-state index contributed by atoms with van der Waals surface area (Å²) in [5.41, 5.74) is 0. The second-order valence-electron chi connectivity index (χ2n) is 7.77. The second kappa shape index (κ2) is 7.28. The number of hydrogen-bond acceptors (Lipinski definition) is 5. The number of anilines is 1. The van der Waals surface area contributed by atoms with Crippen LogP contribution in [-0.4, -0.2) is 37.9 Å². The molecule has 5 nitrogen and oxygen atoms in total. The molecular formula is C18H24Cl2N4OS. The maximum atomic E-state index is 6.17. The minimum Gasteiger partial charge on any atom is -0.467 e. The first-order chi connectivity index (χ1) is 12.4. The van der Waals surface area contributed by atoms with Gasteiger partial charge < -0.3 is 9.32 Å². The van der Waals surface area contributed by atoms with Crippen LogP contribution in [0.3, 0.4) is 0 Å². The molecule has 8 heteroatoms. The quantitative estimate of drug-likeness (QED) is 0.506. The van der Waals surface area contributed by atoms with Crippen molar-refractivity contribution < 1.29 is 4.42 Å². The molecule has 3 atom stereocenters. The summed E-state index contributed by atoms with van der Waals surface area (Å²) in [6, 6.07) is 3.90. The number of piperidine rings is 1. The van der Waals surface area contributed by atoms with E-state index in [0.29, 0.717) is 24.3 Å². The van der Waals surface area contributed by atoms with E-state index >= 15 is 0 Å². The summed E-state index contributed by atoms with van der Waals surface area (Å²) >= 11 is 14.0. The van der Waals surface area contributed by atoms with Crippen LogP contribution in [0.2, 0.25) is 0 Å². The molecule has 142 valence electrons. The molecule has 0 radical (unpaired) electrons. The Bertz CT molecular complexity index is 738. The largest absolute Gasteiger partial charge is 0.467 e. The summed E-state index contributed by atoms with van der Waals surface area (Å²) in [5, 5.41) is 9.91. The maximum Gasteiger partial charge on any atom is 0.228 e. The minimum absolute atomic E-state index is 0.322. The van der Waals surface area contributed by atoms with Crippen molar-refractivity contribution in [3.05, 3.63) is 24.2 Å². The summed E-state index contributed by atoms with van der Waals surface area (Å²) in [5.74, 6) is 4.33. The van der Waals surface area contributed by atoms with Crippen molar-refractivity contribution in [2.75, 3.05) is 23.7 Å². The molecule has 0 unspecified atom stereocenters. The predicted molar refractivity (Wildman–Crippen MR) is 106 cm³/mol. The molecule has 0 bridgehead atoms. The Balaban J connectivity index is 1.56. The zero-order chi connectivity index (χ0) is 18.3. The Morgan fingerprint density at radius 3 is 2.62 bits per heavy atom. The molecule has 2 aromatic rings. The van der Waals surface area contributed by atoms with E-state index in [1.165, 1.54) is 6.42 Å². The normalized spacial score (nSPS) is 27.7. The molecule has 2 aromatic heterocycles. The van der Waals surface area contributed by atoms with Crippen LogP contribution in [0.5, 0.6) is 0 Å². The van der Waals surface area contributed by atoms with Crippen LogP contribution in [0.25, 0.3) is 0 Å². The van der Waals surface area contributed by atoms with E-state index in [9.17, 15) is 0 Å². The summed E-state index contributed by atoms with van der Waals surface area (Å²) in [6.45, 7) is 7.27. The number of alkyl halides is 2. The molecule has 26 heavy (non-hydrogen) atoms. The monoisotopic (exact) mass is 414 g/mol. The first-order valence-corrected chi connectivity index (χ1v) is 10.9. The van der Waals surface area contributed by atoms with E-state index in [0.717, 1.165) is 42.1 Å². The zero-order valence-electron chi connectivity index (χ0n) is 15.1. The van der Waals surface area contributed by atoms with Crippen molar-refractivity contribution in [1.82, 2.24) is 14.8 Å². The average Bonchev–Trinajstić information content (AvgIpc) is 2.98. The summed E-state index contributed by atoms with van der Waals surface area (Å²) < 4.78 is 7.18. The molecule has 3 heterocycles. The van der Waals surface area contributed by atoms with Crippen LogP contribution >= 0.6 is 35.0 Å². The van der Waals surface area contributed by atoms with Gasteiger partial charge in [-0.3, -0.25) is 4.57 Å². The van der Waals surface area contributed by atoms with Crippen molar-refractivity contribution in [2.24, 2.45) is 17.8 Å². The fourth-order valence-corrected chi connectivity index (χ4v) is 5.63. The summed E-state index contributed by atoms with van der Waals surface area (Å²) in [7, 11) is 0. The second-order valence-corrected chi connectivity index (χ2v) is 10.3. The van der Waals surface area contributed by atoms with Gasteiger partial charge in [-0.1, -0.05) is 25.6 Å². The van der Waals surface area contributed by atoms with E-state index in [-0.39, 0.29) is 0 Å². The fourth-order valence-electron chi connectivity index (χ4n) is 3.77. The Morgan fingerprint density at radius 1 is 1.27 bits per heavy atom. The lowest BCUT2D eigenvalue weighted by Gasteiger charge is -2.35. The predicted octanol–water partition coefficient (Wildman–Crippen LogP) is 4.69. The summed E-state index contributed by atoms with van der Waals surface area (Å²) in [6.07, 6.45) is 3.82. The van der Waals surface area contributed by atoms with Crippen LogP contribution in [-0.2, 0) is 6.54 Å². The standard InChI is InChI=1S/C18H24Cl2N4OS/c1-12-6-13(2)9-23(8-12)16-21-22-17(26-11-14-7-18(14,19)20)24(16)10-15-4-3-5-25-15/h3-5,12-14H,6-11H2,1-2H3/t12-,13+,14-/m0/s1. The number of nitrogens with zero attached hydrogens (tertiary/aromatic N) is 4. The van der Waals surface area contributed by atoms with Crippen molar-refractivity contribution >= 4 is 40.9 Å². The Hall–Kier alpha value is -0.850. The lowest BCUT2D eigenvalue weighted by Crippen LogP contribution is -2.40. The van der Waals surface area contributed by atoms with Gasteiger partial charge in [-0.05, 0) is 36.8 Å². The van der Waals surface area contributed by atoms with Crippen LogP contribution in [0.1, 0.15) is 32.4 Å². The number of furan rings is 1. The van der Waals surface area contributed by atoms with Gasteiger partial charge in [0.05, 0.1) is 12.8 Å². The number of thioether (sulfide) groups is 1. The van der Waals surface area contributed by atoms with Crippen LogP contribution < -0.4 is 4.90 Å². The topological polar surface area (TPSA) is 47.1 Å². The van der Waals surface area contributed by atoms with Gasteiger partial charge in [-0.15, -0.1) is 33.4 Å². The zero-order valence-corrected chi connectivity index (χ0v) is 17.4. The SMILES string of the molecule is C[C@@H]1C[C@H](C)CN(c2nnc(SC[C@@H]3CC3(Cl)Cl)n2Cc2ccco2)C1. The Morgan fingerprint density at radius 2 is 2.00 bits per heavy atom. The van der Waals surface area contributed by atoms with Crippen molar-refractivity contribution in [3.8, 4) is 0 Å². The molecule has 2 fully saturated rings. The maximum absolute atomic E-state index is 6.17. The first-order valence-electron chi connectivity index (χ1n) is 9.13. The number of halogens is 2. The van der Waals surface area contributed by atoms with Gasteiger partial charge in [0.25, 0.3) is 0 Å². The first kappa shape index (κ1) is 18.5. The van der Waals surface area contributed by atoms with Crippen LogP contribution in [0, 0.1) is 17.8 Å². The number of rotatable bonds is 6. The molecule has 4 rings (SSSR count). The highest BCUT2D eigenvalue weighted by molar-refractivity contribution is 7.99. The molecule has 0 amide bonds. The Labute approximate surface area is 168 Å². The van der Waals surface area contributed by atoms with Gasteiger partial charge in [-0.25, -0.2) is 0 Å². The van der Waals surface area contributed by atoms with Crippen LogP contribution in [0.4, 0.5) is 5.95 Å². The number of aromatic nitrogens is 3. The highest BCUT2D eigenvalue weighted by Gasteiger charge is 2.51. The molecule has 1 saturated heterocycles. The van der Waals surface area contributed by atoms with E-state index < -0.39 is 4.33 Å². The Kier molecular flexibility index (Phi) is 5.19. The molecule has 1 saturated carbocycles. The third kappa shape index (κ3) is 4.02. The number of hydrogen-bond donors (Lipinski definition) is 0. The minimum atomic E-state index is -0.556. The van der Waals surface area contributed by atoms with Gasteiger partial charge in [-0.2, -0.15) is 0 Å². The molecule has 0 aromatic carbocycles. The third-order valence-corrected chi connectivity index (χ3v) is 7.17. The van der Waals surface area contributed by atoms with Gasteiger partial charge >= 0.3 is 0 Å². The molecular weight excluding hydrogens is 391 g/mol. The van der Waals surface area contributed by atoms with Gasteiger partial charge in [0.15, 0.2) is 5.16 Å².